The first-order valence-electron chi connectivity index (χ1n) is 6.25. The minimum atomic E-state index is -0.451. The Labute approximate surface area is 112 Å². The maximum absolute atomic E-state index is 11.5. The van der Waals surface area contributed by atoms with Gasteiger partial charge in [-0.15, -0.1) is 0 Å². The third-order valence-electron chi connectivity index (χ3n) is 2.46. The summed E-state index contributed by atoms with van der Waals surface area (Å²) in [5.41, 5.74) is 1.92. The number of esters is 1. The second-order valence-corrected chi connectivity index (χ2v) is 3.97. The maximum atomic E-state index is 11.5. The highest BCUT2D eigenvalue weighted by Gasteiger charge is 2.08. The predicted molar refractivity (Wildman–Crippen MR) is 69.5 cm³/mol. The third-order valence-corrected chi connectivity index (χ3v) is 2.46. The molecule has 0 unspecified atom stereocenters. The van der Waals surface area contributed by atoms with Crippen molar-refractivity contribution in [3.63, 3.8) is 0 Å². The second-order valence-electron chi connectivity index (χ2n) is 3.97. The molecule has 19 heavy (non-hydrogen) atoms. The van der Waals surface area contributed by atoms with Gasteiger partial charge in [0, 0.05) is 25.4 Å². The fraction of sp³-hybridized carbons (Fsp3) is 0.583. The van der Waals surface area contributed by atoms with E-state index in [2.05, 4.69) is 15.7 Å². The molecule has 2 amide bonds. The molecule has 0 atom stereocenters. The van der Waals surface area contributed by atoms with Crippen molar-refractivity contribution in [2.45, 2.75) is 26.8 Å². The molecular weight excluding hydrogens is 248 g/mol. The lowest BCUT2D eigenvalue weighted by Crippen LogP contribution is -2.38. The Morgan fingerprint density at radius 1 is 1.37 bits per heavy atom. The van der Waals surface area contributed by atoms with Crippen molar-refractivity contribution in [3.8, 4) is 0 Å². The van der Waals surface area contributed by atoms with E-state index >= 15 is 0 Å². The van der Waals surface area contributed by atoms with Crippen molar-refractivity contribution < 1.29 is 14.3 Å². The molecule has 0 aliphatic heterocycles. The molecule has 2 N–H and O–H groups in total. The van der Waals surface area contributed by atoms with E-state index in [4.69, 9.17) is 4.74 Å². The van der Waals surface area contributed by atoms with Gasteiger partial charge in [0.1, 0.15) is 6.54 Å². The minimum absolute atomic E-state index is 0.132. The van der Waals surface area contributed by atoms with Crippen molar-refractivity contribution in [2.75, 3.05) is 13.2 Å². The molecule has 0 aromatic carbocycles. The topological polar surface area (TPSA) is 85.2 Å². The quantitative estimate of drug-likeness (QED) is 0.729. The van der Waals surface area contributed by atoms with Gasteiger partial charge in [0.2, 0.25) is 0 Å². The molecule has 0 aliphatic carbocycles. The standard InChI is InChI=1S/C12H20N4O3/c1-4-10-9(8-16(3)15-10)6-13-12(18)14-7-11(17)19-5-2/h8H,4-7H2,1-3H3,(H2,13,14,18). The summed E-state index contributed by atoms with van der Waals surface area (Å²) in [5.74, 6) is -0.451. The summed E-state index contributed by atoms with van der Waals surface area (Å²) in [6.45, 7) is 4.27. The van der Waals surface area contributed by atoms with Crippen molar-refractivity contribution in [1.82, 2.24) is 20.4 Å². The number of aryl methyl sites for hydroxylation is 2. The van der Waals surface area contributed by atoms with Gasteiger partial charge in [0.15, 0.2) is 0 Å². The summed E-state index contributed by atoms with van der Waals surface area (Å²) in [6.07, 6.45) is 2.67. The van der Waals surface area contributed by atoms with Gasteiger partial charge in [0.05, 0.1) is 12.3 Å². The predicted octanol–water partition coefficient (Wildman–Crippen LogP) is 0.345. The van der Waals surface area contributed by atoms with Gasteiger partial charge in [-0.05, 0) is 13.3 Å². The van der Waals surface area contributed by atoms with Crippen molar-refractivity contribution >= 4 is 12.0 Å². The van der Waals surface area contributed by atoms with Crippen LogP contribution in [0, 0.1) is 0 Å². The van der Waals surface area contributed by atoms with Crippen molar-refractivity contribution in [1.29, 1.82) is 0 Å². The first kappa shape index (κ1) is 15.0. The zero-order valence-electron chi connectivity index (χ0n) is 11.5. The normalized spacial score (nSPS) is 10.1. The van der Waals surface area contributed by atoms with E-state index in [1.165, 1.54) is 0 Å². The van der Waals surface area contributed by atoms with E-state index in [1.807, 2.05) is 20.2 Å². The minimum Gasteiger partial charge on any atom is -0.465 e. The fourth-order valence-electron chi connectivity index (χ4n) is 1.63. The van der Waals surface area contributed by atoms with Crippen molar-refractivity contribution in [3.05, 3.63) is 17.5 Å². The van der Waals surface area contributed by atoms with Gasteiger partial charge in [-0.25, -0.2) is 4.79 Å². The Balaban J connectivity index is 2.35. The first-order valence-corrected chi connectivity index (χ1v) is 6.25. The van der Waals surface area contributed by atoms with Gasteiger partial charge >= 0.3 is 12.0 Å². The number of hydrogen-bond donors (Lipinski definition) is 2. The van der Waals surface area contributed by atoms with Crippen LogP contribution < -0.4 is 10.6 Å². The van der Waals surface area contributed by atoms with Crippen LogP contribution in [0.2, 0.25) is 0 Å². The fourth-order valence-corrected chi connectivity index (χ4v) is 1.63. The molecule has 0 aliphatic rings. The van der Waals surface area contributed by atoms with Crippen LogP contribution in [0.15, 0.2) is 6.20 Å². The van der Waals surface area contributed by atoms with Gasteiger partial charge in [-0.1, -0.05) is 6.92 Å². The summed E-state index contributed by atoms with van der Waals surface area (Å²) in [4.78, 5) is 22.5. The Bertz CT molecular complexity index is 442. The molecule has 7 heteroatoms. The Hall–Kier alpha value is -2.05. The van der Waals surface area contributed by atoms with Crippen LogP contribution >= 0.6 is 0 Å². The lowest BCUT2D eigenvalue weighted by Gasteiger charge is -2.07. The number of nitrogens with one attached hydrogen (secondary N) is 2. The van der Waals surface area contributed by atoms with Crippen LogP contribution in [0.3, 0.4) is 0 Å². The van der Waals surface area contributed by atoms with E-state index in [1.54, 1.807) is 11.6 Å². The average Bonchev–Trinajstić information content (AvgIpc) is 2.74. The number of amides is 2. The maximum Gasteiger partial charge on any atom is 0.325 e. The first-order chi connectivity index (χ1) is 9.06. The summed E-state index contributed by atoms with van der Waals surface area (Å²) in [5, 5.41) is 9.38. The highest BCUT2D eigenvalue weighted by atomic mass is 16.5. The Morgan fingerprint density at radius 2 is 2.11 bits per heavy atom. The highest BCUT2D eigenvalue weighted by molar-refractivity contribution is 5.80. The highest BCUT2D eigenvalue weighted by Crippen LogP contribution is 2.06. The molecule has 106 valence electrons. The molecule has 0 radical (unpaired) electrons. The van der Waals surface area contributed by atoms with Gasteiger partial charge in [-0.2, -0.15) is 5.10 Å². The summed E-state index contributed by atoms with van der Waals surface area (Å²) < 4.78 is 6.41. The summed E-state index contributed by atoms with van der Waals surface area (Å²) >= 11 is 0. The van der Waals surface area contributed by atoms with Crippen molar-refractivity contribution in [2.24, 2.45) is 7.05 Å². The number of hydrogen-bond acceptors (Lipinski definition) is 4. The molecule has 0 spiro atoms. The zero-order chi connectivity index (χ0) is 14.3. The van der Waals surface area contributed by atoms with Gasteiger partial charge in [0.25, 0.3) is 0 Å². The molecule has 0 fully saturated rings. The largest absolute Gasteiger partial charge is 0.465 e. The second kappa shape index (κ2) is 7.40. The monoisotopic (exact) mass is 268 g/mol. The summed E-state index contributed by atoms with van der Waals surface area (Å²) in [7, 11) is 1.84. The Morgan fingerprint density at radius 3 is 2.74 bits per heavy atom. The molecule has 1 aromatic heterocycles. The number of rotatable bonds is 6. The van der Waals surface area contributed by atoms with Gasteiger partial charge < -0.3 is 15.4 Å². The molecule has 7 nitrogen and oxygen atoms in total. The van der Waals surface area contributed by atoms with Crippen LogP contribution in [-0.2, 0) is 29.5 Å². The number of nitrogens with zero attached hydrogens (tertiary/aromatic N) is 2. The number of urea groups is 1. The molecular formula is C12H20N4O3. The van der Waals surface area contributed by atoms with Gasteiger partial charge in [-0.3, -0.25) is 9.48 Å². The smallest absolute Gasteiger partial charge is 0.325 e. The number of ether oxygens (including phenoxy) is 1. The van der Waals surface area contributed by atoms with E-state index in [0.717, 1.165) is 17.7 Å². The van der Waals surface area contributed by atoms with Crippen LogP contribution in [0.25, 0.3) is 0 Å². The van der Waals surface area contributed by atoms with Crippen LogP contribution in [0.1, 0.15) is 25.1 Å². The van der Waals surface area contributed by atoms with E-state index in [0.29, 0.717) is 13.2 Å². The molecule has 0 saturated carbocycles. The zero-order valence-corrected chi connectivity index (χ0v) is 11.5. The molecule has 1 rings (SSSR count). The molecule has 1 heterocycles. The SMILES string of the molecule is CCOC(=O)CNC(=O)NCc1cn(C)nc1CC. The summed E-state index contributed by atoms with van der Waals surface area (Å²) in [6, 6.07) is -0.404. The van der Waals surface area contributed by atoms with E-state index in [9.17, 15) is 9.59 Å². The molecule has 0 saturated heterocycles. The van der Waals surface area contributed by atoms with Crippen LogP contribution in [0.4, 0.5) is 4.79 Å². The number of aromatic nitrogens is 2. The Kier molecular flexibility index (Phi) is 5.84. The van der Waals surface area contributed by atoms with E-state index < -0.39 is 12.0 Å². The third kappa shape index (κ3) is 4.99. The number of carbonyl (C=O) groups excluding carboxylic acids is 2. The lowest BCUT2D eigenvalue weighted by molar-refractivity contribution is -0.141. The number of carbonyl (C=O) groups is 2. The van der Waals surface area contributed by atoms with Crippen LogP contribution in [0.5, 0.6) is 0 Å². The van der Waals surface area contributed by atoms with E-state index in [-0.39, 0.29) is 6.54 Å². The molecule has 1 aromatic rings. The molecule has 0 bridgehead atoms. The van der Waals surface area contributed by atoms with Crippen LogP contribution in [-0.4, -0.2) is 34.9 Å². The lowest BCUT2D eigenvalue weighted by atomic mass is 10.2. The average molecular weight is 268 g/mol.